The van der Waals surface area contributed by atoms with Crippen molar-refractivity contribution in [2.75, 3.05) is 5.32 Å². The predicted molar refractivity (Wildman–Crippen MR) is 109 cm³/mol. The number of aromatic nitrogens is 2. The Hall–Kier alpha value is -3.00. The smallest absolute Gasteiger partial charge is 0.277 e. The fourth-order valence-electron chi connectivity index (χ4n) is 3.72. The van der Waals surface area contributed by atoms with E-state index in [4.69, 9.17) is 5.73 Å². The van der Waals surface area contributed by atoms with Crippen LogP contribution in [0.25, 0.3) is 10.8 Å². The molecule has 1 aliphatic carbocycles. The largest absolute Gasteiger partial charge is 0.365 e. The Kier molecular flexibility index (Phi) is 4.72. The molecule has 7 nitrogen and oxygen atoms in total. The number of hydrogen-bond donors (Lipinski definition) is 2. The first-order valence-corrected chi connectivity index (χ1v) is 10.0. The van der Waals surface area contributed by atoms with Crippen molar-refractivity contribution in [1.82, 2.24) is 9.78 Å². The topological polar surface area (TPSA) is 107 Å². The molecule has 2 aromatic heterocycles. The lowest BCUT2D eigenvalue weighted by molar-refractivity contribution is 0.100. The Morgan fingerprint density at radius 1 is 1.14 bits per heavy atom. The number of anilines is 1. The average molecular weight is 396 g/mol. The van der Waals surface area contributed by atoms with Crippen LogP contribution < -0.4 is 16.6 Å². The van der Waals surface area contributed by atoms with Crippen molar-refractivity contribution < 1.29 is 9.59 Å². The van der Waals surface area contributed by atoms with Crippen molar-refractivity contribution >= 4 is 38.9 Å². The van der Waals surface area contributed by atoms with Gasteiger partial charge in [0.15, 0.2) is 5.69 Å². The summed E-state index contributed by atoms with van der Waals surface area (Å²) in [5.74, 6) is -1.00. The number of fused-ring (bicyclic) bond motifs is 2. The minimum Gasteiger partial charge on any atom is -0.365 e. The van der Waals surface area contributed by atoms with Crippen LogP contribution >= 0.6 is 11.3 Å². The van der Waals surface area contributed by atoms with E-state index in [9.17, 15) is 14.4 Å². The van der Waals surface area contributed by atoms with Crippen LogP contribution in [0.15, 0.2) is 29.1 Å². The second-order valence-electron chi connectivity index (χ2n) is 6.91. The Bertz CT molecular complexity index is 1160. The van der Waals surface area contributed by atoms with Crippen LogP contribution in [0.3, 0.4) is 0 Å². The van der Waals surface area contributed by atoms with Crippen LogP contribution in [0.4, 0.5) is 5.00 Å². The van der Waals surface area contributed by atoms with Gasteiger partial charge in [0, 0.05) is 17.3 Å². The maximum absolute atomic E-state index is 13.0. The molecule has 3 N–H and O–H groups in total. The molecule has 0 spiro atoms. The van der Waals surface area contributed by atoms with Gasteiger partial charge in [-0.1, -0.05) is 24.6 Å². The first-order valence-electron chi connectivity index (χ1n) is 9.19. The van der Waals surface area contributed by atoms with Gasteiger partial charge in [0.1, 0.15) is 5.00 Å². The van der Waals surface area contributed by atoms with E-state index < -0.39 is 11.8 Å². The molecule has 0 atom stereocenters. The Labute approximate surface area is 165 Å². The molecule has 0 saturated heterocycles. The highest BCUT2D eigenvalue weighted by molar-refractivity contribution is 7.17. The summed E-state index contributed by atoms with van der Waals surface area (Å²) in [4.78, 5) is 38.5. The van der Waals surface area contributed by atoms with E-state index in [2.05, 4.69) is 10.4 Å². The van der Waals surface area contributed by atoms with Gasteiger partial charge in [-0.2, -0.15) is 5.10 Å². The van der Waals surface area contributed by atoms with Gasteiger partial charge in [0.2, 0.25) is 0 Å². The molecule has 28 heavy (non-hydrogen) atoms. The van der Waals surface area contributed by atoms with E-state index in [1.165, 1.54) is 18.4 Å². The molecule has 144 valence electrons. The highest BCUT2D eigenvalue weighted by Gasteiger charge is 2.25. The standard InChI is InChI=1S/C20H20N4O3S/c1-24-20(27)12-8-6-5-7-11(12)16(23-24)18(26)22-19-15(17(21)25)13-9-3-2-4-10-14(13)28-19/h5-8H,2-4,9-10H2,1H3,(H2,21,25)(H,22,26). The van der Waals surface area contributed by atoms with Crippen LogP contribution in [-0.4, -0.2) is 21.6 Å². The molecule has 1 aromatic carbocycles. The second kappa shape index (κ2) is 7.20. The maximum Gasteiger partial charge on any atom is 0.277 e. The summed E-state index contributed by atoms with van der Waals surface area (Å²) in [5, 5.41) is 8.33. The Morgan fingerprint density at radius 2 is 1.86 bits per heavy atom. The molecule has 2 heterocycles. The summed E-state index contributed by atoms with van der Waals surface area (Å²) in [5.41, 5.74) is 6.87. The summed E-state index contributed by atoms with van der Waals surface area (Å²) in [6.07, 6.45) is 4.86. The number of carbonyl (C=O) groups excluding carboxylic acids is 2. The molecule has 0 aliphatic heterocycles. The Balaban J connectivity index is 1.78. The number of benzene rings is 1. The lowest BCUT2D eigenvalue weighted by Crippen LogP contribution is -2.25. The number of nitrogens with zero attached hydrogens (tertiary/aromatic N) is 2. The van der Waals surface area contributed by atoms with Crippen LogP contribution in [0.1, 0.15) is 50.5 Å². The highest BCUT2D eigenvalue weighted by atomic mass is 32.1. The van der Waals surface area contributed by atoms with Gasteiger partial charge >= 0.3 is 0 Å². The van der Waals surface area contributed by atoms with Crippen LogP contribution in [0.2, 0.25) is 0 Å². The third-order valence-electron chi connectivity index (χ3n) is 5.07. The summed E-state index contributed by atoms with van der Waals surface area (Å²) in [6.45, 7) is 0. The molecule has 3 aromatic rings. The number of hydrogen-bond acceptors (Lipinski definition) is 5. The Morgan fingerprint density at radius 3 is 2.61 bits per heavy atom. The van der Waals surface area contributed by atoms with Gasteiger partial charge in [-0.15, -0.1) is 11.3 Å². The van der Waals surface area contributed by atoms with Crippen molar-refractivity contribution in [3.05, 3.63) is 56.3 Å². The third-order valence-corrected chi connectivity index (χ3v) is 6.27. The first-order chi connectivity index (χ1) is 13.5. The minimum atomic E-state index is -0.534. The van der Waals surface area contributed by atoms with E-state index in [0.717, 1.165) is 47.2 Å². The summed E-state index contributed by atoms with van der Waals surface area (Å²) in [6, 6.07) is 6.85. The predicted octanol–water partition coefficient (Wildman–Crippen LogP) is 2.62. The molecular weight excluding hydrogens is 376 g/mol. The van der Waals surface area contributed by atoms with Crippen molar-refractivity contribution in [2.45, 2.75) is 32.1 Å². The van der Waals surface area contributed by atoms with Gasteiger partial charge in [0.25, 0.3) is 17.4 Å². The van der Waals surface area contributed by atoms with Crippen molar-refractivity contribution in [2.24, 2.45) is 12.8 Å². The molecule has 4 rings (SSSR count). The van der Waals surface area contributed by atoms with Gasteiger partial charge in [-0.25, -0.2) is 4.68 Å². The van der Waals surface area contributed by atoms with Crippen molar-refractivity contribution in [1.29, 1.82) is 0 Å². The van der Waals surface area contributed by atoms with Gasteiger partial charge < -0.3 is 11.1 Å². The molecule has 0 fully saturated rings. The third kappa shape index (κ3) is 3.09. The number of amides is 2. The van der Waals surface area contributed by atoms with Crippen LogP contribution in [-0.2, 0) is 19.9 Å². The van der Waals surface area contributed by atoms with E-state index >= 15 is 0 Å². The number of thiophene rings is 1. The van der Waals surface area contributed by atoms with Crippen molar-refractivity contribution in [3.8, 4) is 0 Å². The van der Waals surface area contributed by atoms with Gasteiger partial charge in [-0.05, 0) is 37.3 Å². The van der Waals surface area contributed by atoms with Gasteiger partial charge in [-0.3, -0.25) is 14.4 Å². The van der Waals surface area contributed by atoms with Crippen LogP contribution in [0, 0.1) is 0 Å². The molecular formula is C20H20N4O3S. The lowest BCUT2D eigenvalue weighted by atomic mass is 10.1. The summed E-state index contributed by atoms with van der Waals surface area (Å²) in [7, 11) is 1.51. The number of primary amides is 1. The fraction of sp³-hybridized carbons (Fsp3) is 0.300. The number of rotatable bonds is 3. The quantitative estimate of drug-likeness (QED) is 0.664. The molecule has 0 radical (unpaired) electrons. The number of nitrogens with one attached hydrogen (secondary N) is 1. The monoisotopic (exact) mass is 396 g/mol. The normalized spacial score (nSPS) is 13.8. The molecule has 0 saturated carbocycles. The number of aryl methyl sites for hydroxylation is 2. The van der Waals surface area contributed by atoms with E-state index in [1.54, 1.807) is 24.3 Å². The maximum atomic E-state index is 13.0. The number of carbonyl (C=O) groups is 2. The van der Waals surface area contributed by atoms with E-state index in [-0.39, 0.29) is 11.3 Å². The average Bonchev–Trinajstić information content (AvgIpc) is 2.85. The molecule has 0 unspecified atom stereocenters. The molecule has 2 amide bonds. The summed E-state index contributed by atoms with van der Waals surface area (Å²) >= 11 is 1.41. The van der Waals surface area contributed by atoms with E-state index in [1.807, 2.05) is 0 Å². The van der Waals surface area contributed by atoms with Crippen LogP contribution in [0.5, 0.6) is 0 Å². The zero-order valence-corrected chi connectivity index (χ0v) is 16.3. The molecule has 0 bridgehead atoms. The molecule has 8 heteroatoms. The first kappa shape index (κ1) is 18.4. The zero-order chi connectivity index (χ0) is 19.8. The number of nitrogens with two attached hydrogens (primary N) is 1. The summed E-state index contributed by atoms with van der Waals surface area (Å²) < 4.78 is 1.15. The lowest BCUT2D eigenvalue weighted by Gasteiger charge is -2.09. The second-order valence-corrected chi connectivity index (χ2v) is 8.02. The molecule has 1 aliphatic rings. The fourth-order valence-corrected chi connectivity index (χ4v) is 5.01. The van der Waals surface area contributed by atoms with Crippen molar-refractivity contribution in [3.63, 3.8) is 0 Å². The zero-order valence-electron chi connectivity index (χ0n) is 15.4. The highest BCUT2D eigenvalue weighted by Crippen LogP contribution is 2.37. The van der Waals surface area contributed by atoms with E-state index in [0.29, 0.717) is 21.3 Å². The van der Waals surface area contributed by atoms with Gasteiger partial charge in [0.05, 0.1) is 10.9 Å². The SMILES string of the molecule is Cn1nc(C(=O)Nc2sc3c(c2C(N)=O)CCCCC3)c2ccccc2c1=O. The minimum absolute atomic E-state index is 0.136.